The third-order valence-electron chi connectivity index (χ3n) is 4.88. The van der Waals surface area contributed by atoms with Crippen LogP contribution in [0.3, 0.4) is 0 Å². The molecule has 0 spiro atoms. The molecule has 0 saturated carbocycles. The van der Waals surface area contributed by atoms with Crippen LogP contribution < -0.4 is 10.6 Å². The van der Waals surface area contributed by atoms with Crippen LogP contribution >= 0.6 is 0 Å². The number of anilines is 1. The first kappa shape index (κ1) is 17.7. The van der Waals surface area contributed by atoms with Gasteiger partial charge in [-0.15, -0.1) is 0 Å². The van der Waals surface area contributed by atoms with Crippen molar-refractivity contribution in [1.82, 2.24) is 10.3 Å². The molecule has 4 rings (SSSR count). The lowest BCUT2D eigenvalue weighted by molar-refractivity contribution is 0.0397. The number of benzene rings is 2. The highest BCUT2D eigenvalue weighted by Gasteiger charge is 2.11. The van der Waals surface area contributed by atoms with Crippen LogP contribution in [0.1, 0.15) is 27.0 Å². The van der Waals surface area contributed by atoms with Crippen LogP contribution in [-0.4, -0.2) is 50.0 Å². The lowest BCUT2D eigenvalue weighted by Crippen LogP contribution is -2.32. The molecule has 2 aliphatic rings. The fraction of sp³-hybridized carbons (Fsp3) is 0.333. The fourth-order valence-electron chi connectivity index (χ4n) is 3.30. The van der Waals surface area contributed by atoms with Crippen molar-refractivity contribution < 1.29 is 9.53 Å². The van der Waals surface area contributed by atoms with Crippen LogP contribution in [0.25, 0.3) is 0 Å². The molecule has 1 amide bonds. The van der Waals surface area contributed by atoms with Gasteiger partial charge in [0.1, 0.15) is 0 Å². The molecule has 2 aromatic rings. The molecule has 6 nitrogen and oxygen atoms in total. The zero-order valence-electron chi connectivity index (χ0n) is 15.3. The molecule has 0 bridgehead atoms. The summed E-state index contributed by atoms with van der Waals surface area (Å²) in [5.74, 6) is -0.0967. The van der Waals surface area contributed by atoms with Gasteiger partial charge < -0.3 is 15.4 Å². The summed E-state index contributed by atoms with van der Waals surface area (Å²) in [5.41, 5.74) is 5.07. The van der Waals surface area contributed by atoms with E-state index in [1.54, 1.807) is 0 Å². The SMILES string of the molecule is O=C(Nc1ccc2c(c1)CCNC2)c1ccc(C=NN2CCOCC2)cc1. The van der Waals surface area contributed by atoms with Crippen LogP contribution in [0.2, 0.25) is 0 Å². The second-order valence-electron chi connectivity index (χ2n) is 6.80. The molecule has 2 aromatic carbocycles. The van der Waals surface area contributed by atoms with Gasteiger partial charge in [0.2, 0.25) is 0 Å². The third-order valence-corrected chi connectivity index (χ3v) is 4.88. The molecule has 0 atom stereocenters. The van der Waals surface area contributed by atoms with Crippen molar-refractivity contribution in [2.45, 2.75) is 13.0 Å². The average molecular weight is 364 g/mol. The molecule has 140 valence electrons. The fourth-order valence-corrected chi connectivity index (χ4v) is 3.30. The zero-order chi connectivity index (χ0) is 18.5. The average Bonchev–Trinajstić information content (AvgIpc) is 2.73. The Labute approximate surface area is 159 Å². The first-order valence-corrected chi connectivity index (χ1v) is 9.38. The molecule has 1 saturated heterocycles. The Kier molecular flexibility index (Phi) is 5.46. The van der Waals surface area contributed by atoms with E-state index in [2.05, 4.69) is 27.9 Å². The number of nitrogens with one attached hydrogen (secondary N) is 2. The van der Waals surface area contributed by atoms with Crippen molar-refractivity contribution in [2.24, 2.45) is 5.10 Å². The lowest BCUT2D eigenvalue weighted by atomic mass is 10.0. The van der Waals surface area contributed by atoms with Crippen molar-refractivity contribution in [1.29, 1.82) is 0 Å². The minimum Gasteiger partial charge on any atom is -0.378 e. The monoisotopic (exact) mass is 364 g/mol. The van der Waals surface area contributed by atoms with E-state index < -0.39 is 0 Å². The van der Waals surface area contributed by atoms with Gasteiger partial charge in [0, 0.05) is 17.8 Å². The summed E-state index contributed by atoms with van der Waals surface area (Å²) < 4.78 is 5.31. The van der Waals surface area contributed by atoms with Crippen LogP contribution in [0, 0.1) is 0 Å². The minimum absolute atomic E-state index is 0.0967. The van der Waals surface area contributed by atoms with Crippen LogP contribution in [0.4, 0.5) is 5.69 Å². The second-order valence-corrected chi connectivity index (χ2v) is 6.80. The van der Waals surface area contributed by atoms with Crippen LogP contribution in [0.15, 0.2) is 47.6 Å². The summed E-state index contributed by atoms with van der Waals surface area (Å²) in [6.07, 6.45) is 2.82. The molecule has 0 unspecified atom stereocenters. The molecular weight excluding hydrogens is 340 g/mol. The molecule has 1 fully saturated rings. The minimum atomic E-state index is -0.0967. The third kappa shape index (κ3) is 4.53. The number of carbonyl (C=O) groups is 1. The van der Waals surface area contributed by atoms with E-state index in [9.17, 15) is 4.79 Å². The van der Waals surface area contributed by atoms with Gasteiger partial charge in [-0.05, 0) is 53.9 Å². The highest BCUT2D eigenvalue weighted by molar-refractivity contribution is 6.04. The number of morpholine rings is 1. The number of fused-ring (bicyclic) bond motifs is 1. The molecule has 0 aromatic heterocycles. The summed E-state index contributed by atoms with van der Waals surface area (Å²) >= 11 is 0. The summed E-state index contributed by atoms with van der Waals surface area (Å²) in [7, 11) is 0. The normalized spacial score (nSPS) is 17.0. The molecule has 2 heterocycles. The van der Waals surface area contributed by atoms with Gasteiger partial charge in [-0.2, -0.15) is 5.10 Å². The largest absolute Gasteiger partial charge is 0.378 e. The van der Waals surface area contributed by atoms with Crippen molar-refractivity contribution in [3.63, 3.8) is 0 Å². The first-order chi connectivity index (χ1) is 13.3. The number of carbonyl (C=O) groups excluding carboxylic acids is 1. The number of hydrogen-bond donors (Lipinski definition) is 2. The van der Waals surface area contributed by atoms with E-state index in [0.29, 0.717) is 5.56 Å². The topological polar surface area (TPSA) is 66.0 Å². The summed E-state index contributed by atoms with van der Waals surface area (Å²) in [4.78, 5) is 12.5. The van der Waals surface area contributed by atoms with Crippen LogP contribution in [-0.2, 0) is 17.7 Å². The van der Waals surface area contributed by atoms with Crippen molar-refractivity contribution in [3.05, 3.63) is 64.7 Å². The summed E-state index contributed by atoms with van der Waals surface area (Å²) in [5, 5.41) is 12.8. The van der Waals surface area contributed by atoms with E-state index in [1.807, 2.05) is 41.6 Å². The molecule has 6 heteroatoms. The maximum Gasteiger partial charge on any atom is 0.255 e. The standard InChI is InChI=1S/C21H24N4O2/c26-21(24-20-6-5-19-15-22-8-7-18(19)13-20)17-3-1-16(2-4-17)14-23-25-9-11-27-12-10-25/h1-6,13-14,22H,7-12,15H2,(H,24,26). The summed E-state index contributed by atoms with van der Waals surface area (Å²) in [6, 6.07) is 13.6. The number of hydrogen-bond acceptors (Lipinski definition) is 5. The Balaban J connectivity index is 1.38. The molecular formula is C21H24N4O2. The molecule has 2 aliphatic heterocycles. The Hall–Kier alpha value is -2.70. The first-order valence-electron chi connectivity index (χ1n) is 9.38. The molecule has 0 aliphatic carbocycles. The van der Waals surface area contributed by atoms with E-state index in [4.69, 9.17) is 4.74 Å². The maximum absolute atomic E-state index is 12.5. The van der Waals surface area contributed by atoms with E-state index >= 15 is 0 Å². The lowest BCUT2D eigenvalue weighted by Gasteiger charge is -2.23. The molecule has 27 heavy (non-hydrogen) atoms. The number of amides is 1. The molecule has 2 N–H and O–H groups in total. The highest BCUT2D eigenvalue weighted by Crippen LogP contribution is 2.19. The predicted octanol–water partition coefficient (Wildman–Crippen LogP) is 2.25. The van der Waals surface area contributed by atoms with Crippen LogP contribution in [0.5, 0.6) is 0 Å². The van der Waals surface area contributed by atoms with Gasteiger partial charge in [0.25, 0.3) is 5.91 Å². The number of nitrogens with zero attached hydrogens (tertiary/aromatic N) is 2. The quantitative estimate of drug-likeness (QED) is 0.817. The number of rotatable bonds is 4. The Bertz CT molecular complexity index is 827. The van der Waals surface area contributed by atoms with Crippen molar-refractivity contribution in [3.8, 4) is 0 Å². The summed E-state index contributed by atoms with van der Waals surface area (Å²) in [6.45, 7) is 4.95. The van der Waals surface area contributed by atoms with E-state index in [0.717, 1.165) is 57.1 Å². The smallest absolute Gasteiger partial charge is 0.255 e. The van der Waals surface area contributed by atoms with Gasteiger partial charge in [-0.3, -0.25) is 9.80 Å². The maximum atomic E-state index is 12.5. The van der Waals surface area contributed by atoms with Gasteiger partial charge in [-0.25, -0.2) is 0 Å². The Morgan fingerprint density at radius 2 is 1.93 bits per heavy atom. The highest BCUT2D eigenvalue weighted by atomic mass is 16.5. The Morgan fingerprint density at radius 3 is 2.74 bits per heavy atom. The Morgan fingerprint density at radius 1 is 1.11 bits per heavy atom. The van der Waals surface area contributed by atoms with Gasteiger partial charge in [0.15, 0.2) is 0 Å². The zero-order valence-corrected chi connectivity index (χ0v) is 15.3. The molecule has 0 radical (unpaired) electrons. The second kappa shape index (κ2) is 8.33. The van der Waals surface area contributed by atoms with Gasteiger partial charge in [0.05, 0.1) is 32.5 Å². The van der Waals surface area contributed by atoms with E-state index in [-0.39, 0.29) is 5.91 Å². The predicted molar refractivity (Wildman–Crippen MR) is 106 cm³/mol. The van der Waals surface area contributed by atoms with E-state index in [1.165, 1.54) is 11.1 Å². The number of ether oxygens (including phenoxy) is 1. The van der Waals surface area contributed by atoms with Gasteiger partial charge >= 0.3 is 0 Å². The van der Waals surface area contributed by atoms with Crippen molar-refractivity contribution >= 4 is 17.8 Å². The van der Waals surface area contributed by atoms with Gasteiger partial charge in [-0.1, -0.05) is 18.2 Å². The van der Waals surface area contributed by atoms with Crippen molar-refractivity contribution in [2.75, 3.05) is 38.2 Å². The number of hydrazone groups is 1.